The van der Waals surface area contributed by atoms with Crippen molar-refractivity contribution in [3.63, 3.8) is 0 Å². The van der Waals surface area contributed by atoms with Crippen LogP contribution in [0.1, 0.15) is 18.5 Å². The lowest BCUT2D eigenvalue weighted by Gasteiger charge is -2.25. The molecular formula is C13H22Cl2N2O. The third-order valence-corrected chi connectivity index (χ3v) is 3.21. The van der Waals surface area contributed by atoms with Crippen LogP contribution in [0.5, 0.6) is 0 Å². The van der Waals surface area contributed by atoms with Gasteiger partial charge in [0.25, 0.3) is 0 Å². The normalized spacial score (nSPS) is 12.3. The Kier molecular flexibility index (Phi) is 9.42. The lowest BCUT2D eigenvalue weighted by molar-refractivity contribution is 0.106. The number of halogens is 2. The van der Waals surface area contributed by atoms with Gasteiger partial charge in [-0.2, -0.15) is 0 Å². The summed E-state index contributed by atoms with van der Waals surface area (Å²) in [6.07, 6.45) is 0. The summed E-state index contributed by atoms with van der Waals surface area (Å²) in [6.45, 7) is 4.90. The number of benzene rings is 1. The van der Waals surface area contributed by atoms with Gasteiger partial charge in [0, 0.05) is 24.2 Å². The van der Waals surface area contributed by atoms with Crippen LogP contribution in [-0.4, -0.2) is 38.3 Å². The molecular weight excluding hydrogens is 271 g/mol. The molecule has 0 saturated heterocycles. The smallest absolute Gasteiger partial charge is 0.0594 e. The summed E-state index contributed by atoms with van der Waals surface area (Å²) in [5.74, 6) is 0. The number of hydrogen-bond acceptors (Lipinski definition) is 3. The van der Waals surface area contributed by atoms with Crippen LogP contribution < -0.4 is 5.73 Å². The number of ether oxygens (including phenoxy) is 1. The molecule has 0 saturated carbocycles. The van der Waals surface area contributed by atoms with Gasteiger partial charge in [-0.05, 0) is 25.6 Å². The highest BCUT2D eigenvalue weighted by Crippen LogP contribution is 2.25. The van der Waals surface area contributed by atoms with Crippen LogP contribution in [0.3, 0.4) is 0 Å². The molecule has 1 rings (SSSR count). The fourth-order valence-electron chi connectivity index (χ4n) is 1.64. The molecule has 1 atom stereocenters. The minimum absolute atomic E-state index is 0. The van der Waals surface area contributed by atoms with Crippen molar-refractivity contribution in [1.29, 1.82) is 0 Å². The van der Waals surface area contributed by atoms with Crippen LogP contribution in [0.4, 0.5) is 0 Å². The van der Waals surface area contributed by atoms with Gasteiger partial charge < -0.3 is 10.5 Å². The van der Waals surface area contributed by atoms with Crippen molar-refractivity contribution in [3.8, 4) is 0 Å². The second-order valence-corrected chi connectivity index (χ2v) is 4.49. The van der Waals surface area contributed by atoms with Crippen LogP contribution in [0, 0.1) is 0 Å². The van der Waals surface area contributed by atoms with Crippen molar-refractivity contribution >= 4 is 24.0 Å². The summed E-state index contributed by atoms with van der Waals surface area (Å²) in [5, 5.41) is 0.815. The monoisotopic (exact) mass is 292 g/mol. The van der Waals surface area contributed by atoms with E-state index in [9.17, 15) is 0 Å². The van der Waals surface area contributed by atoms with Gasteiger partial charge in [0.2, 0.25) is 0 Å². The molecule has 0 aromatic heterocycles. The van der Waals surface area contributed by atoms with Crippen LogP contribution in [0.25, 0.3) is 0 Å². The molecule has 0 heterocycles. The van der Waals surface area contributed by atoms with Crippen LogP contribution in [0.2, 0.25) is 5.02 Å². The average Bonchev–Trinajstić information content (AvgIpc) is 2.34. The average molecular weight is 293 g/mol. The minimum atomic E-state index is 0. The van der Waals surface area contributed by atoms with E-state index in [0.717, 1.165) is 17.1 Å². The predicted molar refractivity (Wildman–Crippen MR) is 79.6 cm³/mol. The molecule has 104 valence electrons. The molecule has 2 N–H and O–H groups in total. The molecule has 1 aromatic rings. The van der Waals surface area contributed by atoms with E-state index in [2.05, 4.69) is 24.9 Å². The van der Waals surface area contributed by atoms with Gasteiger partial charge in [-0.25, -0.2) is 0 Å². The molecule has 3 nitrogen and oxygen atoms in total. The number of nitrogens with zero attached hydrogens (tertiary/aromatic N) is 1. The maximum absolute atomic E-state index is 6.17. The SMILES string of the molecule is CC(c1ccccc1Cl)N(C)CCOCCN.Cl. The first-order valence-corrected chi connectivity index (χ1v) is 6.27. The Hall–Kier alpha value is -0.320. The molecule has 0 fully saturated rings. The highest BCUT2D eigenvalue weighted by Gasteiger charge is 2.13. The summed E-state index contributed by atoms with van der Waals surface area (Å²) in [6, 6.07) is 8.22. The Morgan fingerprint density at radius 2 is 2.00 bits per heavy atom. The largest absolute Gasteiger partial charge is 0.379 e. The topological polar surface area (TPSA) is 38.5 Å². The highest BCUT2D eigenvalue weighted by atomic mass is 35.5. The van der Waals surface area contributed by atoms with Crippen molar-refractivity contribution < 1.29 is 4.74 Å². The maximum Gasteiger partial charge on any atom is 0.0594 e. The minimum Gasteiger partial charge on any atom is -0.379 e. The number of hydrogen-bond donors (Lipinski definition) is 1. The Bertz CT molecular complexity index is 337. The third kappa shape index (κ3) is 5.55. The van der Waals surface area contributed by atoms with Crippen molar-refractivity contribution in [2.75, 3.05) is 33.4 Å². The van der Waals surface area contributed by atoms with E-state index in [-0.39, 0.29) is 18.4 Å². The van der Waals surface area contributed by atoms with Crippen molar-refractivity contribution in [1.82, 2.24) is 4.90 Å². The van der Waals surface area contributed by atoms with Gasteiger partial charge >= 0.3 is 0 Å². The van der Waals surface area contributed by atoms with Crippen LogP contribution >= 0.6 is 24.0 Å². The Morgan fingerprint density at radius 3 is 2.61 bits per heavy atom. The molecule has 1 aromatic carbocycles. The number of rotatable bonds is 7. The van der Waals surface area contributed by atoms with E-state index in [1.54, 1.807) is 0 Å². The highest BCUT2D eigenvalue weighted by molar-refractivity contribution is 6.31. The molecule has 0 radical (unpaired) electrons. The van der Waals surface area contributed by atoms with E-state index in [4.69, 9.17) is 22.1 Å². The van der Waals surface area contributed by atoms with E-state index in [1.165, 1.54) is 0 Å². The summed E-state index contributed by atoms with van der Waals surface area (Å²) in [7, 11) is 2.07. The molecule has 0 aliphatic carbocycles. The standard InChI is InChI=1S/C13H21ClN2O.ClH/c1-11(12-5-3-4-6-13(12)14)16(2)8-10-17-9-7-15;/h3-6,11H,7-10,15H2,1-2H3;1H. The van der Waals surface area contributed by atoms with Crippen LogP contribution in [0.15, 0.2) is 24.3 Å². The second-order valence-electron chi connectivity index (χ2n) is 4.08. The fourth-order valence-corrected chi connectivity index (χ4v) is 1.93. The zero-order valence-electron chi connectivity index (χ0n) is 10.9. The van der Waals surface area contributed by atoms with E-state index in [1.807, 2.05) is 18.2 Å². The lowest BCUT2D eigenvalue weighted by Crippen LogP contribution is -2.27. The molecule has 0 aliphatic rings. The van der Waals surface area contributed by atoms with E-state index in [0.29, 0.717) is 19.8 Å². The van der Waals surface area contributed by atoms with Gasteiger partial charge in [0.05, 0.1) is 13.2 Å². The van der Waals surface area contributed by atoms with Gasteiger partial charge in [-0.3, -0.25) is 4.90 Å². The van der Waals surface area contributed by atoms with E-state index < -0.39 is 0 Å². The summed E-state index contributed by atoms with van der Waals surface area (Å²) >= 11 is 6.17. The van der Waals surface area contributed by atoms with Crippen molar-refractivity contribution in [2.24, 2.45) is 5.73 Å². The molecule has 0 bridgehead atoms. The zero-order valence-corrected chi connectivity index (χ0v) is 12.5. The molecule has 0 amide bonds. The second kappa shape index (κ2) is 9.59. The fraction of sp³-hybridized carbons (Fsp3) is 0.538. The Labute approximate surface area is 121 Å². The Morgan fingerprint density at radius 1 is 1.33 bits per heavy atom. The summed E-state index contributed by atoms with van der Waals surface area (Å²) < 4.78 is 5.37. The Balaban J connectivity index is 0.00000289. The first-order chi connectivity index (χ1) is 8.16. The summed E-state index contributed by atoms with van der Waals surface area (Å²) in [5.41, 5.74) is 6.51. The molecule has 1 unspecified atom stereocenters. The lowest BCUT2D eigenvalue weighted by atomic mass is 10.1. The zero-order chi connectivity index (χ0) is 12.7. The van der Waals surface area contributed by atoms with Crippen molar-refractivity contribution in [3.05, 3.63) is 34.9 Å². The van der Waals surface area contributed by atoms with Gasteiger partial charge in [0.1, 0.15) is 0 Å². The number of likely N-dealkylation sites (N-methyl/N-ethyl adjacent to an activating group) is 1. The van der Waals surface area contributed by atoms with Crippen LogP contribution in [-0.2, 0) is 4.74 Å². The maximum atomic E-state index is 6.17. The third-order valence-electron chi connectivity index (χ3n) is 2.87. The predicted octanol–water partition coefficient (Wildman–Crippen LogP) is 2.73. The quantitative estimate of drug-likeness (QED) is 0.786. The number of nitrogens with two attached hydrogens (primary N) is 1. The first-order valence-electron chi connectivity index (χ1n) is 5.89. The molecule has 18 heavy (non-hydrogen) atoms. The van der Waals surface area contributed by atoms with E-state index >= 15 is 0 Å². The molecule has 0 spiro atoms. The molecule has 5 heteroatoms. The van der Waals surface area contributed by atoms with Gasteiger partial charge in [-0.15, -0.1) is 12.4 Å². The van der Waals surface area contributed by atoms with Crippen molar-refractivity contribution in [2.45, 2.75) is 13.0 Å². The van der Waals surface area contributed by atoms with Gasteiger partial charge in [-0.1, -0.05) is 29.8 Å². The first kappa shape index (κ1) is 17.7. The summed E-state index contributed by atoms with van der Waals surface area (Å²) in [4.78, 5) is 2.22. The van der Waals surface area contributed by atoms with Gasteiger partial charge in [0.15, 0.2) is 0 Å². The molecule has 0 aliphatic heterocycles.